The van der Waals surface area contributed by atoms with E-state index >= 15 is 0 Å². The molecule has 10 aliphatic carbocycles. The molecule has 0 radical (unpaired) electrons. The normalized spacial score (nSPS) is 40.5. The number of nitrogens with one attached hydrogen (secondary N) is 4. The highest BCUT2D eigenvalue weighted by Gasteiger charge is 2.74. The van der Waals surface area contributed by atoms with Crippen LogP contribution in [0.5, 0.6) is 0 Å². The standard InChI is InChI=1S/C84H136N4O9/c1-53(2)56-33-43-83(47-45-79(14)58(68(56)83)29-31-64-77(12)39-37-66(90)75(8,9)62(77)35-41-81(64,79)16)71(93)86-51-21-19-25-55(70(92)96-18)26-23-49-85-50-24-28-61(89)60(88-73(95)97-74(5,6)7)27-20-22-52-87-72(94)84-44-34-57(54(3)4)69(84)59-30-32-65-78(13)40-38-67(91)76(10,11)63(78)36-42-82(65,17)80(59,15)46-48-84/h55-60,62-65,68-69,85H,1,3,19-52H2,2,4-18H3,(H,86,93)(H,87,94)(H,88,95)/t55?,56?,57?,58-,59-,60?,62+,63+,64-,65-,68?,69?,77+,78+,79-,80-,81-,82-,83?,84?/m1/s1. The number of allylic oxidation sites excluding steroid dienone is 2. The van der Waals surface area contributed by atoms with Crippen molar-refractivity contribution in [2.24, 2.45) is 119 Å². The van der Waals surface area contributed by atoms with Crippen LogP contribution in [0.1, 0.15) is 296 Å². The van der Waals surface area contributed by atoms with Gasteiger partial charge in [0.2, 0.25) is 11.8 Å². The Morgan fingerprint density at radius 1 is 0.505 bits per heavy atom. The van der Waals surface area contributed by atoms with Crippen molar-refractivity contribution in [2.75, 3.05) is 33.3 Å². The van der Waals surface area contributed by atoms with E-state index in [-0.39, 0.29) is 91.1 Å². The van der Waals surface area contributed by atoms with Gasteiger partial charge in [0.1, 0.15) is 17.2 Å². The number of carbonyl (C=O) groups excluding carboxylic acids is 7. The average molecular weight is 1350 g/mol. The summed E-state index contributed by atoms with van der Waals surface area (Å²) in [5.41, 5.74) is 1.12. The molecule has 0 saturated heterocycles. The minimum Gasteiger partial charge on any atom is -0.469 e. The summed E-state index contributed by atoms with van der Waals surface area (Å²) in [6.45, 7) is 45.8. The van der Waals surface area contributed by atoms with Crippen LogP contribution in [0.15, 0.2) is 24.3 Å². The number of Topliss-reactive ketones (excluding diaryl/α,β-unsaturated/α-hetero) is 3. The molecular weight excluding hydrogens is 1210 g/mol. The average Bonchev–Trinajstić information content (AvgIpc) is 1.61. The lowest BCUT2D eigenvalue weighted by Crippen LogP contribution is -2.67. The van der Waals surface area contributed by atoms with E-state index in [1.54, 1.807) is 0 Å². The number of hydrogen-bond donors (Lipinski definition) is 4. The third-order valence-corrected chi connectivity index (χ3v) is 32.3. The number of fused-ring (bicyclic) bond motifs is 14. The number of ketones is 3. The van der Waals surface area contributed by atoms with Crippen molar-refractivity contribution >= 4 is 41.2 Å². The van der Waals surface area contributed by atoms with Crippen LogP contribution in [-0.2, 0) is 38.2 Å². The van der Waals surface area contributed by atoms with Crippen LogP contribution < -0.4 is 21.3 Å². The third-order valence-electron chi connectivity index (χ3n) is 32.3. The first-order chi connectivity index (χ1) is 45.4. The molecule has 0 bridgehead atoms. The van der Waals surface area contributed by atoms with Crippen LogP contribution >= 0.6 is 0 Å². The number of amides is 3. The Labute approximate surface area is 587 Å². The summed E-state index contributed by atoms with van der Waals surface area (Å²) in [5, 5.41) is 13.4. The van der Waals surface area contributed by atoms with Crippen LogP contribution in [0.25, 0.3) is 0 Å². The second-order valence-electron chi connectivity index (χ2n) is 38.4. The van der Waals surface area contributed by atoms with Gasteiger partial charge in [-0.2, -0.15) is 0 Å². The van der Waals surface area contributed by atoms with E-state index in [0.717, 1.165) is 128 Å². The maximum atomic E-state index is 15.0. The van der Waals surface area contributed by atoms with Crippen molar-refractivity contribution in [3.8, 4) is 0 Å². The Bertz CT molecular complexity index is 3000. The van der Waals surface area contributed by atoms with Crippen molar-refractivity contribution in [3.63, 3.8) is 0 Å². The first-order valence-corrected chi connectivity index (χ1v) is 39.6. The topological polar surface area (TPSA) is 186 Å². The molecule has 10 aliphatic rings. The molecule has 0 aromatic heterocycles. The van der Waals surface area contributed by atoms with E-state index < -0.39 is 28.6 Å². The van der Waals surface area contributed by atoms with Gasteiger partial charge >= 0.3 is 12.1 Å². The molecule has 546 valence electrons. The van der Waals surface area contributed by atoms with Gasteiger partial charge in [-0.3, -0.25) is 28.8 Å². The van der Waals surface area contributed by atoms with Gasteiger partial charge in [0.05, 0.1) is 29.9 Å². The second-order valence-corrected chi connectivity index (χ2v) is 38.4. The van der Waals surface area contributed by atoms with Gasteiger partial charge in [0.25, 0.3) is 0 Å². The Hall–Kier alpha value is -3.87. The fraction of sp³-hybridized carbons (Fsp3) is 0.869. The van der Waals surface area contributed by atoms with Gasteiger partial charge < -0.3 is 30.7 Å². The molecule has 13 nitrogen and oxygen atoms in total. The molecule has 0 aromatic rings. The molecule has 10 fully saturated rings. The Morgan fingerprint density at radius 2 is 0.948 bits per heavy atom. The molecule has 4 N–H and O–H groups in total. The summed E-state index contributed by atoms with van der Waals surface area (Å²) in [6, 6.07) is -0.710. The molecule has 3 amide bonds. The fourth-order valence-electron chi connectivity index (χ4n) is 26.9. The van der Waals surface area contributed by atoms with Crippen LogP contribution in [0, 0.1) is 119 Å². The number of alkyl carbamates (subject to hydrolysis) is 1. The lowest BCUT2D eigenvalue weighted by atomic mass is 9.32. The molecule has 13 heteroatoms. The number of esters is 1. The minimum atomic E-state index is -0.722. The number of unbranched alkanes of at least 4 members (excludes halogenated alkanes) is 2. The molecule has 0 aliphatic heterocycles. The van der Waals surface area contributed by atoms with Gasteiger partial charge in [-0.1, -0.05) is 100.0 Å². The fourth-order valence-corrected chi connectivity index (χ4v) is 26.9. The number of rotatable bonds is 25. The molecule has 0 heterocycles. The number of ether oxygens (including phenoxy) is 2. The maximum absolute atomic E-state index is 15.0. The van der Waals surface area contributed by atoms with Crippen LogP contribution in [-0.4, -0.2) is 86.2 Å². The minimum absolute atomic E-state index is 0.0394. The van der Waals surface area contributed by atoms with Gasteiger partial charge in [-0.25, -0.2) is 4.79 Å². The molecule has 0 spiro atoms. The Balaban J connectivity index is 0.663. The largest absolute Gasteiger partial charge is 0.469 e. The van der Waals surface area contributed by atoms with Crippen molar-refractivity contribution in [3.05, 3.63) is 24.3 Å². The summed E-state index contributed by atoms with van der Waals surface area (Å²) in [7, 11) is 1.46. The zero-order valence-electron chi connectivity index (χ0n) is 64.1. The number of hydrogen-bond acceptors (Lipinski definition) is 10. The van der Waals surface area contributed by atoms with E-state index in [2.05, 4.69) is 118 Å². The van der Waals surface area contributed by atoms with E-state index in [1.807, 2.05) is 20.8 Å². The van der Waals surface area contributed by atoms with Crippen LogP contribution in [0.3, 0.4) is 0 Å². The van der Waals surface area contributed by atoms with E-state index in [4.69, 9.17) is 9.47 Å². The predicted octanol–water partition coefficient (Wildman–Crippen LogP) is 17.4. The van der Waals surface area contributed by atoms with Crippen LogP contribution in [0.4, 0.5) is 4.79 Å². The predicted molar refractivity (Wildman–Crippen MR) is 387 cm³/mol. The van der Waals surface area contributed by atoms with E-state index in [0.29, 0.717) is 136 Å². The Morgan fingerprint density at radius 3 is 1.39 bits per heavy atom. The highest BCUT2D eigenvalue weighted by Crippen LogP contribution is 2.80. The summed E-state index contributed by atoms with van der Waals surface area (Å²) < 4.78 is 10.9. The molecule has 0 aromatic carbocycles. The van der Waals surface area contributed by atoms with Crippen molar-refractivity contribution in [1.29, 1.82) is 0 Å². The second kappa shape index (κ2) is 28.1. The Kier molecular flexibility index (Phi) is 21.9. The maximum Gasteiger partial charge on any atom is 0.408 e. The molecule has 97 heavy (non-hydrogen) atoms. The van der Waals surface area contributed by atoms with E-state index in [9.17, 15) is 33.6 Å². The molecule has 10 saturated carbocycles. The molecule has 8 unspecified atom stereocenters. The zero-order chi connectivity index (χ0) is 70.9. The van der Waals surface area contributed by atoms with Gasteiger partial charge in [0.15, 0.2) is 5.78 Å². The molecule has 10 rings (SSSR count). The van der Waals surface area contributed by atoms with Crippen molar-refractivity contribution in [1.82, 2.24) is 21.3 Å². The number of carbonyl (C=O) groups is 7. The summed E-state index contributed by atoms with van der Waals surface area (Å²) in [4.78, 5) is 96.8. The first kappa shape index (κ1) is 75.8. The molecular formula is C84H136N4O9. The highest BCUT2D eigenvalue weighted by molar-refractivity contribution is 5.88. The highest BCUT2D eigenvalue weighted by atomic mass is 16.6. The lowest BCUT2D eigenvalue weighted by molar-refractivity contribution is -0.233. The van der Waals surface area contributed by atoms with Crippen molar-refractivity contribution in [2.45, 2.75) is 308 Å². The summed E-state index contributed by atoms with van der Waals surface area (Å²) >= 11 is 0. The van der Waals surface area contributed by atoms with E-state index in [1.165, 1.54) is 24.7 Å². The monoisotopic (exact) mass is 1350 g/mol. The zero-order valence-corrected chi connectivity index (χ0v) is 64.1. The van der Waals surface area contributed by atoms with Crippen LogP contribution in [0.2, 0.25) is 0 Å². The smallest absolute Gasteiger partial charge is 0.408 e. The summed E-state index contributed by atoms with van der Waals surface area (Å²) in [6.07, 6.45) is 26.1. The SMILES string of the molecule is C=C(C)C1CCC2(C(=O)NCCCCC(CCCNCCCC(=O)C(CCCCNC(=O)C34CCC(C(=C)C)C3[C@H]3CC[C@@H]5[C@@]6(C)CCC(=O)C(C)(C)[C@@H]6CC[C@@]5(C)[C@]3(C)CC4)NC(=O)OC(C)(C)C)C(=O)OC)CC[C@]3(C)[C@H](CC[C@@H]4[C@@]5(C)CCC(=O)C(C)(C)[C@@H]5CC[C@]43C)C12. The van der Waals surface area contributed by atoms with Gasteiger partial charge in [0, 0.05) is 43.2 Å². The number of methoxy groups -OCH3 is 1. The van der Waals surface area contributed by atoms with Crippen molar-refractivity contribution < 1.29 is 43.0 Å². The quantitative estimate of drug-likeness (QED) is 0.0389. The van der Waals surface area contributed by atoms with Gasteiger partial charge in [-0.05, 0) is 306 Å². The third kappa shape index (κ3) is 13.1. The molecule has 20 atom stereocenters. The lowest BCUT2D eigenvalue weighted by Gasteiger charge is -2.72. The van der Waals surface area contributed by atoms with Gasteiger partial charge in [-0.15, -0.1) is 0 Å². The summed E-state index contributed by atoms with van der Waals surface area (Å²) in [5.74, 6) is 4.87. The first-order valence-electron chi connectivity index (χ1n) is 39.6.